The highest BCUT2D eigenvalue weighted by molar-refractivity contribution is 8.00. The zero-order valence-electron chi connectivity index (χ0n) is 17.5. The first-order valence-corrected chi connectivity index (χ1v) is 11.3. The number of nitrogens with one attached hydrogen (secondary N) is 1. The van der Waals surface area contributed by atoms with E-state index in [2.05, 4.69) is 35.3 Å². The standard InChI is InChI=1S/C23H29N3O3S/c1-17-10-12-25(13-11-17)16-20-5-3-4-19(14-20)15-24-23(27)18(2)30-22-8-6-21(7-9-22)26(28)29/h3-9,14,17-18H,10-13,15-16H2,1-2H3,(H,24,27). The van der Waals surface area contributed by atoms with Crippen LogP contribution in [0.3, 0.4) is 0 Å². The largest absolute Gasteiger partial charge is 0.351 e. The Morgan fingerprint density at radius 1 is 1.20 bits per heavy atom. The number of carbonyl (C=O) groups is 1. The number of piperidine rings is 1. The van der Waals surface area contributed by atoms with E-state index in [4.69, 9.17) is 0 Å². The monoisotopic (exact) mass is 427 g/mol. The van der Waals surface area contributed by atoms with E-state index < -0.39 is 4.92 Å². The summed E-state index contributed by atoms with van der Waals surface area (Å²) in [6.07, 6.45) is 2.53. The van der Waals surface area contributed by atoms with Crippen molar-refractivity contribution in [3.8, 4) is 0 Å². The molecule has 1 heterocycles. The summed E-state index contributed by atoms with van der Waals surface area (Å²) in [6, 6.07) is 14.7. The molecular formula is C23H29N3O3S. The van der Waals surface area contributed by atoms with Crippen LogP contribution >= 0.6 is 11.8 Å². The Balaban J connectivity index is 1.48. The van der Waals surface area contributed by atoms with E-state index in [-0.39, 0.29) is 16.8 Å². The summed E-state index contributed by atoms with van der Waals surface area (Å²) in [4.78, 5) is 26.1. The highest BCUT2D eigenvalue weighted by Gasteiger charge is 2.17. The van der Waals surface area contributed by atoms with Gasteiger partial charge in [-0.1, -0.05) is 31.2 Å². The van der Waals surface area contributed by atoms with Crippen molar-refractivity contribution >= 4 is 23.4 Å². The van der Waals surface area contributed by atoms with Gasteiger partial charge in [0.05, 0.1) is 10.2 Å². The maximum atomic E-state index is 12.5. The predicted molar refractivity (Wildman–Crippen MR) is 120 cm³/mol. The van der Waals surface area contributed by atoms with Gasteiger partial charge in [0.2, 0.25) is 5.91 Å². The van der Waals surface area contributed by atoms with Crippen LogP contribution in [-0.4, -0.2) is 34.1 Å². The molecule has 0 radical (unpaired) electrons. The molecule has 0 aliphatic carbocycles. The highest BCUT2D eigenvalue weighted by Crippen LogP contribution is 2.25. The van der Waals surface area contributed by atoms with Crippen molar-refractivity contribution in [1.82, 2.24) is 10.2 Å². The Morgan fingerprint density at radius 3 is 2.53 bits per heavy atom. The van der Waals surface area contributed by atoms with E-state index in [1.165, 1.54) is 42.3 Å². The van der Waals surface area contributed by atoms with Crippen LogP contribution in [0.5, 0.6) is 0 Å². The molecule has 1 saturated heterocycles. The number of carbonyl (C=O) groups excluding carboxylic acids is 1. The second-order valence-corrected chi connectivity index (χ2v) is 9.42. The van der Waals surface area contributed by atoms with Crippen molar-refractivity contribution in [2.24, 2.45) is 5.92 Å². The fourth-order valence-electron chi connectivity index (χ4n) is 3.55. The average molecular weight is 428 g/mol. The first kappa shape index (κ1) is 22.3. The van der Waals surface area contributed by atoms with E-state index in [0.717, 1.165) is 36.0 Å². The molecular weight excluding hydrogens is 398 g/mol. The SMILES string of the molecule is CC1CCN(Cc2cccc(CNC(=O)C(C)Sc3ccc([N+](=O)[O-])cc3)c2)CC1. The number of nitro benzene ring substituents is 1. The van der Waals surface area contributed by atoms with Gasteiger partial charge >= 0.3 is 0 Å². The second kappa shape index (κ2) is 10.6. The number of rotatable bonds is 8. The second-order valence-electron chi connectivity index (χ2n) is 8.01. The number of hydrogen-bond donors (Lipinski definition) is 1. The molecule has 1 N–H and O–H groups in total. The average Bonchev–Trinajstić information content (AvgIpc) is 2.74. The van der Waals surface area contributed by atoms with Gasteiger partial charge in [-0.3, -0.25) is 19.8 Å². The van der Waals surface area contributed by atoms with Gasteiger partial charge < -0.3 is 5.32 Å². The lowest BCUT2D eigenvalue weighted by Gasteiger charge is -2.30. The van der Waals surface area contributed by atoms with Gasteiger partial charge in [0, 0.05) is 30.1 Å². The van der Waals surface area contributed by atoms with Crippen LogP contribution in [0.4, 0.5) is 5.69 Å². The van der Waals surface area contributed by atoms with Crippen LogP contribution in [0, 0.1) is 16.0 Å². The van der Waals surface area contributed by atoms with Crippen molar-refractivity contribution in [3.05, 3.63) is 69.8 Å². The Kier molecular flexibility index (Phi) is 7.87. The molecule has 7 heteroatoms. The molecule has 2 aromatic carbocycles. The highest BCUT2D eigenvalue weighted by atomic mass is 32.2. The third kappa shape index (κ3) is 6.57. The number of hydrogen-bond acceptors (Lipinski definition) is 5. The smallest absolute Gasteiger partial charge is 0.269 e. The maximum Gasteiger partial charge on any atom is 0.269 e. The number of benzene rings is 2. The van der Waals surface area contributed by atoms with Gasteiger partial charge in [0.15, 0.2) is 0 Å². The van der Waals surface area contributed by atoms with E-state index in [1.807, 2.05) is 13.0 Å². The third-order valence-corrected chi connectivity index (χ3v) is 6.58. The molecule has 160 valence electrons. The van der Waals surface area contributed by atoms with Crippen molar-refractivity contribution in [2.75, 3.05) is 13.1 Å². The summed E-state index contributed by atoms with van der Waals surface area (Å²) in [7, 11) is 0. The molecule has 1 atom stereocenters. The Labute approximate surface area is 182 Å². The topological polar surface area (TPSA) is 75.5 Å². The first-order chi connectivity index (χ1) is 14.4. The molecule has 0 spiro atoms. The van der Waals surface area contributed by atoms with Crippen LogP contribution < -0.4 is 5.32 Å². The molecule has 0 bridgehead atoms. The molecule has 1 aliphatic heterocycles. The zero-order valence-corrected chi connectivity index (χ0v) is 18.4. The summed E-state index contributed by atoms with van der Waals surface area (Å²) in [5.74, 6) is 0.780. The van der Waals surface area contributed by atoms with E-state index in [9.17, 15) is 14.9 Å². The van der Waals surface area contributed by atoms with E-state index in [1.54, 1.807) is 12.1 Å². The summed E-state index contributed by atoms with van der Waals surface area (Å²) in [5.41, 5.74) is 2.43. The van der Waals surface area contributed by atoms with Crippen LogP contribution in [0.15, 0.2) is 53.4 Å². The van der Waals surface area contributed by atoms with Gasteiger partial charge in [-0.2, -0.15) is 0 Å². The van der Waals surface area contributed by atoms with E-state index in [0.29, 0.717) is 6.54 Å². The molecule has 1 amide bonds. The Hall–Kier alpha value is -2.38. The first-order valence-electron chi connectivity index (χ1n) is 10.4. The number of likely N-dealkylation sites (tertiary alicyclic amines) is 1. The number of nitrogens with zero attached hydrogens (tertiary/aromatic N) is 2. The number of thioether (sulfide) groups is 1. The molecule has 0 saturated carbocycles. The van der Waals surface area contributed by atoms with Crippen molar-refractivity contribution in [1.29, 1.82) is 0 Å². The molecule has 3 rings (SSSR count). The molecule has 0 aromatic heterocycles. The molecule has 30 heavy (non-hydrogen) atoms. The minimum absolute atomic E-state index is 0.0474. The molecule has 1 fully saturated rings. The van der Waals surface area contributed by atoms with Gasteiger partial charge in [0.1, 0.15) is 0 Å². The lowest BCUT2D eigenvalue weighted by atomic mass is 9.98. The van der Waals surface area contributed by atoms with Crippen LogP contribution in [0.2, 0.25) is 0 Å². The minimum atomic E-state index is -0.426. The minimum Gasteiger partial charge on any atom is -0.351 e. The van der Waals surface area contributed by atoms with Crippen molar-refractivity contribution in [3.63, 3.8) is 0 Å². The fourth-order valence-corrected chi connectivity index (χ4v) is 4.45. The molecule has 1 aliphatic rings. The summed E-state index contributed by atoms with van der Waals surface area (Å²) >= 11 is 1.39. The Bertz CT molecular complexity index is 864. The van der Waals surface area contributed by atoms with Crippen molar-refractivity contribution in [2.45, 2.75) is 49.9 Å². The summed E-state index contributed by atoms with van der Waals surface area (Å²) < 4.78 is 0. The lowest BCUT2D eigenvalue weighted by molar-refractivity contribution is -0.384. The third-order valence-electron chi connectivity index (χ3n) is 5.47. The number of amides is 1. The van der Waals surface area contributed by atoms with Gasteiger partial charge in [-0.15, -0.1) is 11.8 Å². The Morgan fingerprint density at radius 2 is 1.87 bits per heavy atom. The van der Waals surface area contributed by atoms with Crippen LogP contribution in [0.25, 0.3) is 0 Å². The van der Waals surface area contributed by atoms with Gasteiger partial charge in [-0.05, 0) is 62.0 Å². The number of non-ortho nitro benzene ring substituents is 1. The van der Waals surface area contributed by atoms with Crippen LogP contribution in [-0.2, 0) is 17.9 Å². The van der Waals surface area contributed by atoms with Gasteiger partial charge in [0.25, 0.3) is 5.69 Å². The number of nitro groups is 1. The fraction of sp³-hybridized carbons (Fsp3) is 0.435. The lowest BCUT2D eigenvalue weighted by Crippen LogP contribution is -2.32. The molecule has 2 aromatic rings. The summed E-state index contributed by atoms with van der Waals surface area (Å²) in [6.45, 7) is 7.92. The maximum absolute atomic E-state index is 12.5. The predicted octanol–water partition coefficient (Wildman–Crippen LogP) is 4.62. The summed E-state index contributed by atoms with van der Waals surface area (Å²) in [5, 5.41) is 13.5. The molecule has 6 nitrogen and oxygen atoms in total. The normalized spacial score (nSPS) is 16.2. The zero-order chi connectivity index (χ0) is 21.5. The van der Waals surface area contributed by atoms with Crippen LogP contribution in [0.1, 0.15) is 37.8 Å². The quantitative estimate of drug-likeness (QED) is 0.378. The van der Waals surface area contributed by atoms with Gasteiger partial charge in [-0.25, -0.2) is 0 Å². The molecule has 1 unspecified atom stereocenters. The van der Waals surface area contributed by atoms with E-state index >= 15 is 0 Å². The van der Waals surface area contributed by atoms with Crippen molar-refractivity contribution < 1.29 is 9.72 Å².